The summed E-state index contributed by atoms with van der Waals surface area (Å²) in [5, 5.41) is 37.1. The van der Waals surface area contributed by atoms with E-state index in [1.54, 1.807) is 18.2 Å². The number of carbonyl (C=O) groups excluding carboxylic acids is 1. The Morgan fingerprint density at radius 1 is 1.12 bits per heavy atom. The molecule has 0 unspecified atom stereocenters. The molecule has 0 saturated heterocycles. The Kier molecular flexibility index (Phi) is 5.47. The number of hydrogen-bond acceptors (Lipinski definition) is 7. The van der Waals surface area contributed by atoms with Gasteiger partial charge in [0.05, 0.1) is 22.2 Å². The number of imidazole rings is 1. The molecule has 0 aliphatic rings. The van der Waals surface area contributed by atoms with Gasteiger partial charge >= 0.3 is 0 Å². The summed E-state index contributed by atoms with van der Waals surface area (Å²) in [5.74, 6) is -1.72. The number of H-pyrrole nitrogens is 1. The molecule has 3 aromatic carbocycles. The van der Waals surface area contributed by atoms with Crippen LogP contribution in [0.4, 0.5) is 0 Å². The van der Waals surface area contributed by atoms with Crippen LogP contribution in [0.1, 0.15) is 15.9 Å². The number of amidine groups is 1. The lowest BCUT2D eigenvalue weighted by atomic mass is 9.96. The molecule has 0 spiro atoms. The van der Waals surface area contributed by atoms with Gasteiger partial charge in [0.2, 0.25) is 10.0 Å². The number of sulfonamides is 1. The summed E-state index contributed by atoms with van der Waals surface area (Å²) in [6, 6.07) is 11.7. The number of rotatable bonds is 5. The third-order valence-electron chi connectivity index (χ3n) is 5.23. The van der Waals surface area contributed by atoms with Gasteiger partial charge < -0.3 is 26.2 Å². The van der Waals surface area contributed by atoms with Crippen LogP contribution in [0.2, 0.25) is 0 Å². The molecule has 1 amide bonds. The molecule has 0 aliphatic carbocycles. The molecule has 9 N–H and O–H groups in total. The number of fused-ring (bicyclic) bond motifs is 1. The van der Waals surface area contributed by atoms with Gasteiger partial charge in [-0.3, -0.25) is 10.2 Å². The maximum atomic E-state index is 12.7. The standard InChI is InChI=1S/C22H20N6O5S/c1-26-22(31)13-9-12(21-27-14-7-6-10(20(23)24)8-15(14)28-21)18(30)17(19(13)34(25,32)33)11-4-2-3-5-16(11)29/h2-9,29-30H,1H3,(H3,23,24)(H,26,31)(H,27,28)(H2,25,32,33). The summed E-state index contributed by atoms with van der Waals surface area (Å²) >= 11 is 0. The fourth-order valence-corrected chi connectivity index (χ4v) is 4.62. The number of amides is 1. The number of nitrogens with one attached hydrogen (secondary N) is 3. The van der Waals surface area contributed by atoms with Crippen LogP contribution in [0.3, 0.4) is 0 Å². The number of benzene rings is 3. The Labute approximate surface area is 193 Å². The van der Waals surface area contributed by atoms with E-state index in [0.717, 1.165) is 6.07 Å². The van der Waals surface area contributed by atoms with E-state index >= 15 is 0 Å². The van der Waals surface area contributed by atoms with Crippen molar-refractivity contribution in [3.63, 3.8) is 0 Å². The van der Waals surface area contributed by atoms with Crippen LogP contribution in [0.5, 0.6) is 11.5 Å². The normalized spacial score (nSPS) is 11.5. The summed E-state index contributed by atoms with van der Waals surface area (Å²) in [6.07, 6.45) is 0. The smallest absolute Gasteiger partial charge is 0.252 e. The molecule has 4 aromatic rings. The quantitative estimate of drug-likeness (QED) is 0.165. The summed E-state index contributed by atoms with van der Waals surface area (Å²) in [7, 11) is -3.23. The molecule has 11 nitrogen and oxygen atoms in total. The zero-order valence-corrected chi connectivity index (χ0v) is 18.6. The molecule has 0 saturated carbocycles. The number of aromatic nitrogens is 2. The number of hydrogen-bond donors (Lipinski definition) is 7. The zero-order chi connectivity index (χ0) is 24.8. The predicted octanol–water partition coefficient (Wildman–Crippen LogP) is 1.60. The van der Waals surface area contributed by atoms with Gasteiger partial charge in [-0.1, -0.05) is 18.2 Å². The molecule has 0 fully saturated rings. The van der Waals surface area contributed by atoms with Crippen molar-refractivity contribution in [3.05, 3.63) is 59.7 Å². The molecule has 34 heavy (non-hydrogen) atoms. The van der Waals surface area contributed by atoms with Crippen molar-refractivity contribution in [1.82, 2.24) is 15.3 Å². The van der Waals surface area contributed by atoms with E-state index < -0.39 is 26.6 Å². The van der Waals surface area contributed by atoms with E-state index in [-0.39, 0.29) is 39.7 Å². The Morgan fingerprint density at radius 2 is 1.82 bits per heavy atom. The van der Waals surface area contributed by atoms with Crippen molar-refractivity contribution in [2.24, 2.45) is 10.9 Å². The highest BCUT2D eigenvalue weighted by Crippen LogP contribution is 2.46. The number of phenolic OH excluding ortho intramolecular Hbond substituents is 2. The molecule has 1 aromatic heterocycles. The van der Waals surface area contributed by atoms with Crippen LogP contribution < -0.4 is 16.2 Å². The first-order valence-electron chi connectivity index (χ1n) is 9.80. The van der Waals surface area contributed by atoms with E-state index in [4.69, 9.17) is 16.3 Å². The van der Waals surface area contributed by atoms with Gasteiger partial charge in [0.25, 0.3) is 5.91 Å². The SMILES string of the molecule is CNC(=O)c1cc(-c2nc3ccc(C(=N)N)cc3[nH]2)c(O)c(-c2ccccc2O)c1S(N)(=O)=O. The number of para-hydroxylation sites is 1. The van der Waals surface area contributed by atoms with E-state index in [0.29, 0.717) is 16.6 Å². The Hall–Kier alpha value is -4.42. The minimum Gasteiger partial charge on any atom is -0.507 e. The van der Waals surface area contributed by atoms with Gasteiger partial charge in [-0.15, -0.1) is 0 Å². The number of aromatic hydroxyl groups is 2. The maximum Gasteiger partial charge on any atom is 0.252 e. The molecule has 174 valence electrons. The molecule has 12 heteroatoms. The summed E-state index contributed by atoms with van der Waals surface area (Å²) in [5.41, 5.74) is 6.20. The van der Waals surface area contributed by atoms with Crippen LogP contribution in [-0.4, -0.2) is 47.4 Å². The van der Waals surface area contributed by atoms with Crippen molar-refractivity contribution < 1.29 is 23.4 Å². The highest BCUT2D eigenvalue weighted by atomic mass is 32.2. The van der Waals surface area contributed by atoms with Gasteiger partial charge in [0.15, 0.2) is 0 Å². The van der Waals surface area contributed by atoms with E-state index in [1.165, 1.54) is 31.3 Å². The van der Waals surface area contributed by atoms with E-state index in [9.17, 15) is 23.4 Å². The van der Waals surface area contributed by atoms with Crippen molar-refractivity contribution >= 4 is 32.8 Å². The summed E-state index contributed by atoms with van der Waals surface area (Å²) < 4.78 is 25.1. The fourth-order valence-electron chi connectivity index (χ4n) is 3.67. The molecular formula is C22H20N6O5S. The van der Waals surface area contributed by atoms with Gasteiger partial charge in [-0.25, -0.2) is 18.5 Å². The minimum atomic E-state index is -4.55. The monoisotopic (exact) mass is 480 g/mol. The third-order valence-corrected chi connectivity index (χ3v) is 6.22. The van der Waals surface area contributed by atoms with Crippen molar-refractivity contribution in [2.45, 2.75) is 4.90 Å². The van der Waals surface area contributed by atoms with Crippen molar-refractivity contribution in [2.75, 3.05) is 7.05 Å². The van der Waals surface area contributed by atoms with Gasteiger partial charge in [0.1, 0.15) is 28.1 Å². The number of carbonyl (C=O) groups is 1. The second-order valence-corrected chi connectivity index (χ2v) is 8.89. The van der Waals surface area contributed by atoms with Crippen LogP contribution in [-0.2, 0) is 10.0 Å². The van der Waals surface area contributed by atoms with Crippen LogP contribution >= 0.6 is 0 Å². The Balaban J connectivity index is 2.12. The largest absolute Gasteiger partial charge is 0.507 e. The highest BCUT2D eigenvalue weighted by molar-refractivity contribution is 7.89. The van der Waals surface area contributed by atoms with E-state index in [1.807, 2.05) is 0 Å². The molecule has 0 aliphatic heterocycles. The minimum absolute atomic E-state index is 0.00942. The average molecular weight is 481 g/mol. The topological polar surface area (TPSA) is 208 Å². The van der Waals surface area contributed by atoms with Crippen LogP contribution in [0, 0.1) is 5.41 Å². The predicted molar refractivity (Wildman–Crippen MR) is 126 cm³/mol. The Bertz CT molecular complexity index is 1590. The molecule has 1 heterocycles. The van der Waals surface area contributed by atoms with Crippen LogP contribution in [0.15, 0.2) is 53.4 Å². The lowest BCUT2D eigenvalue weighted by Crippen LogP contribution is -2.24. The second-order valence-electron chi connectivity index (χ2n) is 7.40. The van der Waals surface area contributed by atoms with Crippen molar-refractivity contribution in [3.8, 4) is 34.0 Å². The van der Waals surface area contributed by atoms with Gasteiger partial charge in [-0.2, -0.15) is 0 Å². The van der Waals surface area contributed by atoms with Crippen molar-refractivity contribution in [1.29, 1.82) is 5.41 Å². The molecule has 0 radical (unpaired) electrons. The Morgan fingerprint density at radius 3 is 2.44 bits per heavy atom. The van der Waals surface area contributed by atoms with Crippen LogP contribution in [0.25, 0.3) is 33.5 Å². The highest BCUT2D eigenvalue weighted by Gasteiger charge is 2.31. The number of aromatic amines is 1. The molecule has 0 atom stereocenters. The number of phenols is 2. The number of nitrogens with two attached hydrogens (primary N) is 2. The van der Waals surface area contributed by atoms with Gasteiger partial charge in [0, 0.05) is 23.7 Å². The number of nitrogen functional groups attached to an aromatic ring is 1. The first-order chi connectivity index (χ1) is 16.0. The molecular weight excluding hydrogens is 460 g/mol. The second kappa shape index (κ2) is 8.17. The van der Waals surface area contributed by atoms with Gasteiger partial charge in [-0.05, 0) is 30.3 Å². The average Bonchev–Trinajstić information content (AvgIpc) is 3.21. The maximum absolute atomic E-state index is 12.7. The zero-order valence-electron chi connectivity index (χ0n) is 17.7. The molecule has 4 rings (SSSR count). The fraction of sp³-hybridized carbons (Fsp3) is 0.0455. The number of nitrogens with zero attached hydrogens (tertiary/aromatic N) is 1. The first-order valence-corrected chi connectivity index (χ1v) is 11.3. The lowest BCUT2D eigenvalue weighted by Gasteiger charge is -2.18. The summed E-state index contributed by atoms with van der Waals surface area (Å²) in [6.45, 7) is 0. The summed E-state index contributed by atoms with van der Waals surface area (Å²) in [4.78, 5) is 19.4. The number of primary sulfonamides is 1. The first kappa shape index (κ1) is 22.8. The van der Waals surface area contributed by atoms with E-state index in [2.05, 4.69) is 15.3 Å². The molecule has 0 bridgehead atoms. The lowest BCUT2D eigenvalue weighted by molar-refractivity contribution is 0.0960. The third kappa shape index (κ3) is 3.80.